The summed E-state index contributed by atoms with van der Waals surface area (Å²) in [7, 11) is 0. The van der Waals surface area contributed by atoms with Gasteiger partial charge in [-0.3, -0.25) is 4.40 Å². The van der Waals surface area contributed by atoms with Crippen LogP contribution in [0.2, 0.25) is 0 Å². The number of hydrogen-bond acceptors (Lipinski definition) is 3. The van der Waals surface area contributed by atoms with Crippen LogP contribution in [-0.4, -0.2) is 20.5 Å². The molecule has 2 heterocycles. The van der Waals surface area contributed by atoms with Crippen LogP contribution in [0.15, 0.2) is 36.5 Å². The Balaban J connectivity index is 2.23. The number of nitrogens with two attached hydrogens (primary N) is 1. The van der Waals surface area contributed by atoms with Crippen molar-refractivity contribution in [2.24, 2.45) is 0 Å². The molecule has 2 aromatic heterocycles. The molecular formula is C16H15N3O2. The Bertz CT molecular complexity index is 865. The van der Waals surface area contributed by atoms with Gasteiger partial charge in [0.25, 0.3) is 0 Å². The second-order valence-electron chi connectivity index (χ2n) is 5.11. The third-order valence-electron chi connectivity index (χ3n) is 3.55. The fourth-order valence-electron chi connectivity index (χ4n) is 2.47. The van der Waals surface area contributed by atoms with Crippen molar-refractivity contribution in [3.05, 3.63) is 53.2 Å². The van der Waals surface area contributed by atoms with E-state index in [1.807, 2.05) is 26.0 Å². The lowest BCUT2D eigenvalue weighted by Gasteiger charge is -2.05. The van der Waals surface area contributed by atoms with E-state index in [4.69, 9.17) is 10.8 Å². The van der Waals surface area contributed by atoms with Crippen LogP contribution >= 0.6 is 0 Å². The second kappa shape index (κ2) is 4.63. The van der Waals surface area contributed by atoms with Crippen LogP contribution in [0.25, 0.3) is 16.9 Å². The van der Waals surface area contributed by atoms with Crippen molar-refractivity contribution < 1.29 is 9.90 Å². The molecular weight excluding hydrogens is 266 g/mol. The zero-order valence-electron chi connectivity index (χ0n) is 11.8. The number of carboxylic acid groups (broad SMARTS) is 1. The molecule has 0 aliphatic carbocycles. The lowest BCUT2D eigenvalue weighted by molar-refractivity contribution is 0.0697. The van der Waals surface area contributed by atoms with Crippen LogP contribution in [0, 0.1) is 13.8 Å². The highest BCUT2D eigenvalue weighted by Crippen LogP contribution is 2.29. The van der Waals surface area contributed by atoms with Gasteiger partial charge in [-0.15, -0.1) is 0 Å². The zero-order chi connectivity index (χ0) is 15.1. The average molecular weight is 281 g/mol. The summed E-state index contributed by atoms with van der Waals surface area (Å²) in [6, 6.07) is 9.10. The summed E-state index contributed by atoms with van der Waals surface area (Å²) in [5.74, 6) is -0.471. The Hall–Kier alpha value is -2.82. The van der Waals surface area contributed by atoms with E-state index in [0.29, 0.717) is 17.2 Å². The lowest BCUT2D eigenvalue weighted by atomic mass is 10.0. The summed E-state index contributed by atoms with van der Waals surface area (Å²) in [6.45, 7) is 4.04. The predicted molar refractivity (Wildman–Crippen MR) is 81.5 cm³/mol. The number of aromatic nitrogens is 2. The van der Waals surface area contributed by atoms with Gasteiger partial charge in [-0.1, -0.05) is 23.8 Å². The van der Waals surface area contributed by atoms with E-state index < -0.39 is 5.97 Å². The highest BCUT2D eigenvalue weighted by Gasteiger charge is 2.14. The van der Waals surface area contributed by atoms with E-state index >= 15 is 0 Å². The molecule has 0 aliphatic heterocycles. The molecule has 3 rings (SSSR count). The molecule has 3 aromatic rings. The van der Waals surface area contributed by atoms with Gasteiger partial charge in [0.05, 0.1) is 5.56 Å². The number of pyridine rings is 1. The van der Waals surface area contributed by atoms with Crippen molar-refractivity contribution in [2.75, 3.05) is 5.73 Å². The van der Waals surface area contributed by atoms with Crippen LogP contribution in [0.3, 0.4) is 0 Å². The van der Waals surface area contributed by atoms with Crippen LogP contribution in [0.1, 0.15) is 21.5 Å². The van der Waals surface area contributed by atoms with E-state index in [9.17, 15) is 4.79 Å². The van der Waals surface area contributed by atoms with E-state index in [2.05, 4.69) is 11.1 Å². The van der Waals surface area contributed by atoms with Crippen molar-refractivity contribution >= 4 is 17.4 Å². The van der Waals surface area contributed by atoms with Gasteiger partial charge in [0.2, 0.25) is 0 Å². The molecule has 5 nitrogen and oxygen atoms in total. The van der Waals surface area contributed by atoms with Gasteiger partial charge in [0.15, 0.2) is 0 Å². The number of carboxylic acids is 1. The number of rotatable bonds is 2. The SMILES string of the molecule is Cc1ccc(-c2nc3cc(C(=O)O)ccn3c2N)c(C)c1. The molecule has 0 fully saturated rings. The first-order valence-corrected chi connectivity index (χ1v) is 6.56. The molecule has 3 N–H and O–H groups in total. The first kappa shape index (κ1) is 13.2. The highest BCUT2D eigenvalue weighted by molar-refractivity contribution is 5.89. The monoisotopic (exact) mass is 281 g/mol. The molecule has 0 amide bonds. The van der Waals surface area contributed by atoms with Gasteiger partial charge >= 0.3 is 5.97 Å². The Morgan fingerprint density at radius 3 is 2.67 bits per heavy atom. The predicted octanol–water partition coefficient (Wildman–Crippen LogP) is 2.90. The number of nitrogen functional groups attached to an aromatic ring is 1. The lowest BCUT2D eigenvalue weighted by Crippen LogP contribution is -1.99. The molecule has 0 radical (unpaired) electrons. The third-order valence-corrected chi connectivity index (χ3v) is 3.55. The Labute approximate surface area is 121 Å². The largest absolute Gasteiger partial charge is 0.478 e. The molecule has 1 aromatic carbocycles. The van der Waals surface area contributed by atoms with Crippen molar-refractivity contribution in [1.29, 1.82) is 0 Å². The number of carbonyl (C=O) groups is 1. The first-order chi connectivity index (χ1) is 9.97. The standard InChI is InChI=1S/C16H15N3O2/c1-9-3-4-12(10(2)7-9)14-15(17)19-6-5-11(16(20)21)8-13(19)18-14/h3-8H,17H2,1-2H3,(H,20,21). The number of benzene rings is 1. The van der Waals surface area contributed by atoms with Crippen LogP contribution in [0.5, 0.6) is 0 Å². The van der Waals surface area contributed by atoms with Gasteiger partial charge < -0.3 is 10.8 Å². The van der Waals surface area contributed by atoms with Crippen LogP contribution in [0.4, 0.5) is 5.82 Å². The number of fused-ring (bicyclic) bond motifs is 1. The van der Waals surface area contributed by atoms with E-state index in [1.54, 1.807) is 10.6 Å². The van der Waals surface area contributed by atoms with Crippen LogP contribution in [-0.2, 0) is 0 Å². The maximum atomic E-state index is 11.0. The van der Waals surface area contributed by atoms with Crippen LogP contribution < -0.4 is 5.73 Å². The summed E-state index contributed by atoms with van der Waals surface area (Å²) in [5.41, 5.74) is 10.8. The molecule has 0 aliphatic rings. The maximum absolute atomic E-state index is 11.0. The molecule has 0 bridgehead atoms. The van der Waals surface area contributed by atoms with E-state index in [-0.39, 0.29) is 5.56 Å². The molecule has 0 spiro atoms. The minimum absolute atomic E-state index is 0.194. The van der Waals surface area contributed by atoms with Gasteiger partial charge in [-0.05, 0) is 31.5 Å². The summed E-state index contributed by atoms with van der Waals surface area (Å²) >= 11 is 0. The molecule has 106 valence electrons. The number of anilines is 1. The fraction of sp³-hybridized carbons (Fsp3) is 0.125. The number of imidazole rings is 1. The molecule has 0 saturated carbocycles. The minimum Gasteiger partial charge on any atom is -0.478 e. The van der Waals surface area contributed by atoms with Crippen molar-refractivity contribution in [2.45, 2.75) is 13.8 Å². The van der Waals surface area contributed by atoms with Crippen molar-refractivity contribution in [3.63, 3.8) is 0 Å². The number of aryl methyl sites for hydroxylation is 2. The Morgan fingerprint density at radius 2 is 2.00 bits per heavy atom. The minimum atomic E-state index is -0.980. The molecule has 0 atom stereocenters. The normalized spacial score (nSPS) is 11.0. The quantitative estimate of drug-likeness (QED) is 0.756. The smallest absolute Gasteiger partial charge is 0.335 e. The fourth-order valence-corrected chi connectivity index (χ4v) is 2.47. The number of nitrogens with zero attached hydrogens (tertiary/aromatic N) is 2. The third kappa shape index (κ3) is 2.12. The van der Waals surface area contributed by atoms with Crippen molar-refractivity contribution in [1.82, 2.24) is 9.38 Å². The summed E-state index contributed by atoms with van der Waals surface area (Å²) < 4.78 is 1.70. The highest BCUT2D eigenvalue weighted by atomic mass is 16.4. The second-order valence-corrected chi connectivity index (χ2v) is 5.11. The van der Waals surface area contributed by atoms with Gasteiger partial charge in [-0.25, -0.2) is 9.78 Å². The molecule has 0 saturated heterocycles. The Morgan fingerprint density at radius 1 is 1.24 bits per heavy atom. The summed E-state index contributed by atoms with van der Waals surface area (Å²) in [6.07, 6.45) is 1.63. The van der Waals surface area contributed by atoms with Crippen molar-refractivity contribution in [3.8, 4) is 11.3 Å². The van der Waals surface area contributed by atoms with E-state index in [0.717, 1.165) is 11.1 Å². The maximum Gasteiger partial charge on any atom is 0.335 e. The molecule has 5 heteroatoms. The topological polar surface area (TPSA) is 80.6 Å². The van der Waals surface area contributed by atoms with E-state index in [1.165, 1.54) is 17.7 Å². The summed E-state index contributed by atoms with van der Waals surface area (Å²) in [4.78, 5) is 15.5. The van der Waals surface area contributed by atoms with Gasteiger partial charge in [0.1, 0.15) is 17.2 Å². The van der Waals surface area contributed by atoms with Gasteiger partial charge in [-0.2, -0.15) is 0 Å². The molecule has 0 unspecified atom stereocenters. The zero-order valence-corrected chi connectivity index (χ0v) is 11.8. The molecule has 21 heavy (non-hydrogen) atoms. The first-order valence-electron chi connectivity index (χ1n) is 6.56. The summed E-state index contributed by atoms with van der Waals surface area (Å²) in [5, 5.41) is 9.04. The average Bonchev–Trinajstić information content (AvgIpc) is 2.75. The Kier molecular flexibility index (Phi) is 2.90. The van der Waals surface area contributed by atoms with Gasteiger partial charge in [0, 0.05) is 11.8 Å². The number of aromatic carboxylic acids is 1. The number of hydrogen-bond donors (Lipinski definition) is 2.